The van der Waals surface area contributed by atoms with E-state index in [-0.39, 0.29) is 17.2 Å². The quantitative estimate of drug-likeness (QED) is 0.740. The topological polar surface area (TPSA) is 44.1 Å². The number of hydrogen-bond donors (Lipinski definition) is 0. The Morgan fingerprint density at radius 3 is 2.29 bits per heavy atom. The van der Waals surface area contributed by atoms with E-state index < -0.39 is 0 Å². The van der Waals surface area contributed by atoms with Gasteiger partial charge in [0, 0.05) is 24.4 Å². The molecule has 1 rings (SSSR count). The van der Waals surface area contributed by atoms with Gasteiger partial charge in [-0.15, -0.1) is 0 Å². The van der Waals surface area contributed by atoms with E-state index in [1.807, 2.05) is 25.7 Å². The lowest BCUT2D eigenvalue weighted by molar-refractivity contribution is -0.141. The van der Waals surface area contributed by atoms with E-state index in [0.717, 1.165) is 32.4 Å². The van der Waals surface area contributed by atoms with Gasteiger partial charge >= 0.3 is 0 Å². The zero-order valence-electron chi connectivity index (χ0n) is 11.5. The van der Waals surface area contributed by atoms with Gasteiger partial charge in [0.2, 0.25) is 5.91 Å². The van der Waals surface area contributed by atoms with Crippen LogP contribution >= 0.6 is 0 Å². The molecule has 0 saturated carbocycles. The Bertz CT molecular complexity index is 303. The summed E-state index contributed by atoms with van der Waals surface area (Å²) in [6.45, 7) is 9.60. The lowest BCUT2D eigenvalue weighted by Gasteiger charge is -2.36. The van der Waals surface area contributed by atoms with Crippen molar-refractivity contribution in [2.24, 2.45) is 17.3 Å². The Labute approximate surface area is 105 Å². The Morgan fingerprint density at radius 1 is 1.41 bits per heavy atom. The van der Waals surface area contributed by atoms with Crippen LogP contribution in [0.15, 0.2) is 0 Å². The molecule has 1 atom stereocenters. The second-order valence-corrected chi connectivity index (χ2v) is 6.02. The third kappa shape index (κ3) is 3.46. The number of piperidine rings is 1. The van der Waals surface area contributed by atoms with Gasteiger partial charge in [-0.05, 0) is 25.2 Å². The van der Waals surface area contributed by atoms with Crippen LogP contribution in [0.25, 0.3) is 0 Å². The number of carbonyl (C=O) groups excluding carboxylic acids is 1. The molecule has 3 heteroatoms. The second kappa shape index (κ2) is 5.53. The Kier molecular flexibility index (Phi) is 4.56. The van der Waals surface area contributed by atoms with Crippen molar-refractivity contribution in [1.82, 2.24) is 4.90 Å². The maximum absolute atomic E-state index is 12.1. The minimum absolute atomic E-state index is 0.168. The molecular weight excluding hydrogens is 212 g/mol. The summed E-state index contributed by atoms with van der Waals surface area (Å²) < 4.78 is 0. The molecule has 1 fully saturated rings. The van der Waals surface area contributed by atoms with Gasteiger partial charge in [-0.1, -0.05) is 27.7 Å². The van der Waals surface area contributed by atoms with E-state index in [4.69, 9.17) is 5.26 Å². The van der Waals surface area contributed by atoms with E-state index >= 15 is 0 Å². The van der Waals surface area contributed by atoms with Crippen molar-refractivity contribution >= 4 is 5.91 Å². The van der Waals surface area contributed by atoms with Crippen LogP contribution < -0.4 is 0 Å². The number of nitrogens with zero attached hydrogens (tertiary/aromatic N) is 2. The molecule has 1 saturated heterocycles. The van der Waals surface area contributed by atoms with Gasteiger partial charge in [0.1, 0.15) is 0 Å². The van der Waals surface area contributed by atoms with Crippen molar-refractivity contribution < 1.29 is 4.79 Å². The number of nitriles is 1. The lowest BCUT2D eigenvalue weighted by Crippen LogP contribution is -2.44. The van der Waals surface area contributed by atoms with E-state index in [9.17, 15) is 4.79 Å². The minimum atomic E-state index is -0.285. The molecule has 1 amide bonds. The van der Waals surface area contributed by atoms with Gasteiger partial charge in [-0.2, -0.15) is 5.26 Å². The van der Waals surface area contributed by atoms with Crippen LogP contribution in [0.5, 0.6) is 0 Å². The third-order valence-electron chi connectivity index (χ3n) is 3.64. The third-order valence-corrected chi connectivity index (χ3v) is 3.64. The van der Waals surface area contributed by atoms with E-state index in [1.165, 1.54) is 0 Å². The maximum atomic E-state index is 12.1. The summed E-state index contributed by atoms with van der Waals surface area (Å²) in [5.74, 6) is 0.886. The highest BCUT2D eigenvalue weighted by Crippen LogP contribution is 2.29. The van der Waals surface area contributed by atoms with Crippen LogP contribution in [0.3, 0.4) is 0 Å². The number of rotatable bonds is 2. The highest BCUT2D eigenvalue weighted by Gasteiger charge is 2.32. The number of hydrogen-bond acceptors (Lipinski definition) is 2. The predicted molar refractivity (Wildman–Crippen MR) is 68.2 cm³/mol. The predicted octanol–water partition coefficient (Wildman–Crippen LogP) is 2.82. The molecule has 3 nitrogen and oxygen atoms in total. The van der Waals surface area contributed by atoms with E-state index in [2.05, 4.69) is 13.0 Å². The van der Waals surface area contributed by atoms with Crippen molar-refractivity contribution in [3.63, 3.8) is 0 Å². The maximum Gasteiger partial charge on any atom is 0.227 e. The Morgan fingerprint density at radius 2 is 1.94 bits per heavy atom. The van der Waals surface area contributed by atoms with Crippen molar-refractivity contribution in [3.8, 4) is 6.07 Å². The summed E-state index contributed by atoms with van der Waals surface area (Å²) in [5, 5.41) is 9.05. The zero-order valence-corrected chi connectivity index (χ0v) is 11.5. The van der Waals surface area contributed by atoms with Crippen molar-refractivity contribution in [2.45, 2.75) is 47.0 Å². The zero-order chi connectivity index (χ0) is 13.1. The number of likely N-dealkylation sites (tertiary alicyclic amines) is 1. The lowest BCUT2D eigenvalue weighted by atomic mass is 9.83. The molecule has 0 radical (unpaired) electrons. The van der Waals surface area contributed by atoms with Crippen LogP contribution in [0.2, 0.25) is 0 Å². The molecule has 1 heterocycles. The van der Waals surface area contributed by atoms with Gasteiger partial charge in [-0.3, -0.25) is 4.79 Å². The van der Waals surface area contributed by atoms with E-state index in [0.29, 0.717) is 5.92 Å². The summed E-state index contributed by atoms with van der Waals surface area (Å²) in [7, 11) is 0. The Hall–Kier alpha value is -1.04. The minimum Gasteiger partial charge on any atom is -0.342 e. The van der Waals surface area contributed by atoms with Crippen molar-refractivity contribution in [3.05, 3.63) is 0 Å². The van der Waals surface area contributed by atoms with Crippen LogP contribution in [-0.4, -0.2) is 23.9 Å². The molecule has 0 bridgehead atoms. The smallest absolute Gasteiger partial charge is 0.227 e. The molecule has 1 aliphatic rings. The van der Waals surface area contributed by atoms with Gasteiger partial charge in [0.15, 0.2) is 0 Å². The van der Waals surface area contributed by atoms with Crippen LogP contribution in [0, 0.1) is 28.6 Å². The average molecular weight is 236 g/mol. The summed E-state index contributed by atoms with van der Waals surface area (Å²) >= 11 is 0. The van der Waals surface area contributed by atoms with Gasteiger partial charge in [0.05, 0.1) is 6.07 Å². The molecular formula is C14H24N2O. The summed E-state index contributed by atoms with van der Waals surface area (Å²) in [6, 6.07) is 2.39. The molecule has 0 unspecified atom stereocenters. The summed E-state index contributed by atoms with van der Waals surface area (Å²) in [5.41, 5.74) is -0.285. The fraction of sp³-hybridized carbons (Fsp3) is 0.857. The molecule has 1 aliphatic heterocycles. The fourth-order valence-electron chi connectivity index (χ4n) is 2.51. The SMILES string of the molecule is CC[C@H](C#N)C1CCN(C(=O)C(C)(C)C)CC1. The van der Waals surface area contributed by atoms with E-state index in [1.54, 1.807) is 0 Å². The molecule has 0 aliphatic carbocycles. The average Bonchev–Trinajstić information content (AvgIpc) is 2.29. The van der Waals surface area contributed by atoms with Crippen molar-refractivity contribution in [2.75, 3.05) is 13.1 Å². The Balaban J connectivity index is 2.52. The fourth-order valence-corrected chi connectivity index (χ4v) is 2.51. The van der Waals surface area contributed by atoms with Gasteiger partial charge in [0.25, 0.3) is 0 Å². The van der Waals surface area contributed by atoms with Gasteiger partial charge < -0.3 is 4.90 Å². The van der Waals surface area contributed by atoms with Crippen LogP contribution in [-0.2, 0) is 4.79 Å². The molecule has 0 aromatic heterocycles. The molecule has 96 valence electrons. The highest BCUT2D eigenvalue weighted by atomic mass is 16.2. The first kappa shape index (κ1) is 14.0. The molecule has 0 N–H and O–H groups in total. The number of amides is 1. The van der Waals surface area contributed by atoms with Crippen LogP contribution in [0.4, 0.5) is 0 Å². The second-order valence-electron chi connectivity index (χ2n) is 6.02. The number of carbonyl (C=O) groups is 1. The van der Waals surface area contributed by atoms with Crippen LogP contribution in [0.1, 0.15) is 47.0 Å². The first-order chi connectivity index (χ1) is 7.90. The standard InChI is InChI=1S/C14H24N2O/c1-5-11(10-15)12-6-8-16(9-7-12)13(17)14(2,3)4/h11-12H,5-9H2,1-4H3/t11-/m1/s1. The van der Waals surface area contributed by atoms with Gasteiger partial charge in [-0.25, -0.2) is 0 Å². The summed E-state index contributed by atoms with van der Waals surface area (Å²) in [4.78, 5) is 14.1. The first-order valence-electron chi connectivity index (χ1n) is 6.59. The molecule has 17 heavy (non-hydrogen) atoms. The largest absolute Gasteiger partial charge is 0.342 e. The molecule has 0 aromatic rings. The highest BCUT2D eigenvalue weighted by molar-refractivity contribution is 5.81. The molecule has 0 aromatic carbocycles. The molecule has 0 spiro atoms. The van der Waals surface area contributed by atoms with Crippen molar-refractivity contribution in [1.29, 1.82) is 5.26 Å². The monoisotopic (exact) mass is 236 g/mol. The normalized spacial score (nSPS) is 19.8. The first-order valence-corrected chi connectivity index (χ1v) is 6.59. The summed E-state index contributed by atoms with van der Waals surface area (Å²) in [6.07, 6.45) is 2.89.